The second-order valence-corrected chi connectivity index (χ2v) is 5.25. The predicted octanol–water partition coefficient (Wildman–Crippen LogP) is 4.21. The molecule has 0 saturated heterocycles. The number of carbonyl (C=O) groups excluding carboxylic acids is 1. The lowest BCUT2D eigenvalue weighted by Crippen LogP contribution is -2.07. The number of carbonyl (C=O) groups is 1. The normalized spacial score (nSPS) is 10.3. The summed E-state index contributed by atoms with van der Waals surface area (Å²) in [5.74, 6) is 1.16. The van der Waals surface area contributed by atoms with Crippen LogP contribution in [0.25, 0.3) is 0 Å². The molecule has 0 spiro atoms. The van der Waals surface area contributed by atoms with Gasteiger partial charge in [0.15, 0.2) is 5.78 Å². The highest BCUT2D eigenvalue weighted by molar-refractivity contribution is 6.31. The van der Waals surface area contributed by atoms with Gasteiger partial charge >= 0.3 is 0 Å². The molecule has 0 radical (unpaired) electrons. The molecular formula is C17H17ClO3. The average Bonchev–Trinajstić information content (AvgIpc) is 2.48. The number of benzene rings is 2. The van der Waals surface area contributed by atoms with E-state index in [-0.39, 0.29) is 5.78 Å². The van der Waals surface area contributed by atoms with Crippen molar-refractivity contribution in [1.29, 1.82) is 0 Å². The van der Waals surface area contributed by atoms with Gasteiger partial charge in [-0.15, -0.1) is 0 Å². The van der Waals surface area contributed by atoms with Gasteiger partial charge in [0.05, 0.1) is 19.8 Å². The molecule has 0 bridgehead atoms. The second-order valence-electron chi connectivity index (χ2n) is 4.81. The van der Waals surface area contributed by atoms with Crippen LogP contribution in [0.3, 0.4) is 0 Å². The van der Waals surface area contributed by atoms with Crippen LogP contribution in [-0.2, 0) is 0 Å². The van der Waals surface area contributed by atoms with Gasteiger partial charge < -0.3 is 9.47 Å². The van der Waals surface area contributed by atoms with E-state index >= 15 is 0 Å². The highest BCUT2D eigenvalue weighted by Gasteiger charge is 2.18. The molecule has 0 saturated carbocycles. The fraction of sp³-hybridized carbons (Fsp3) is 0.235. The minimum atomic E-state index is -0.113. The van der Waals surface area contributed by atoms with E-state index in [4.69, 9.17) is 21.1 Å². The van der Waals surface area contributed by atoms with Crippen molar-refractivity contribution in [3.8, 4) is 11.5 Å². The van der Waals surface area contributed by atoms with Crippen molar-refractivity contribution in [3.05, 3.63) is 57.6 Å². The number of methoxy groups -OCH3 is 2. The van der Waals surface area contributed by atoms with Gasteiger partial charge in [0.2, 0.25) is 0 Å². The number of hydrogen-bond donors (Lipinski definition) is 0. The highest BCUT2D eigenvalue weighted by Crippen LogP contribution is 2.29. The lowest BCUT2D eigenvalue weighted by atomic mass is 9.96. The third-order valence-electron chi connectivity index (χ3n) is 3.39. The molecule has 0 aromatic heterocycles. The van der Waals surface area contributed by atoms with E-state index in [0.29, 0.717) is 21.9 Å². The zero-order valence-electron chi connectivity index (χ0n) is 12.5. The van der Waals surface area contributed by atoms with Crippen molar-refractivity contribution in [2.45, 2.75) is 13.8 Å². The second kappa shape index (κ2) is 6.19. The Morgan fingerprint density at radius 1 is 0.905 bits per heavy atom. The Hall–Kier alpha value is -2.00. The summed E-state index contributed by atoms with van der Waals surface area (Å²) in [6.45, 7) is 3.79. The molecule has 2 aromatic rings. The van der Waals surface area contributed by atoms with Crippen LogP contribution in [0.15, 0.2) is 30.3 Å². The van der Waals surface area contributed by atoms with E-state index in [1.54, 1.807) is 25.3 Å². The molecule has 0 aliphatic rings. The Balaban J connectivity index is 2.55. The quantitative estimate of drug-likeness (QED) is 0.794. The molecule has 0 amide bonds. The van der Waals surface area contributed by atoms with Crippen LogP contribution in [0.1, 0.15) is 27.0 Å². The van der Waals surface area contributed by atoms with Gasteiger partial charge in [0.25, 0.3) is 0 Å². The fourth-order valence-electron chi connectivity index (χ4n) is 2.26. The maximum absolute atomic E-state index is 12.8. The van der Waals surface area contributed by atoms with E-state index < -0.39 is 0 Å². The molecule has 0 atom stereocenters. The first kappa shape index (κ1) is 15.4. The van der Waals surface area contributed by atoms with E-state index in [2.05, 4.69) is 0 Å². The number of hydrogen-bond acceptors (Lipinski definition) is 3. The zero-order chi connectivity index (χ0) is 15.6. The SMILES string of the molecule is COc1cc(C)c(C(=O)c2cc(Cl)ccc2OC)cc1C. The topological polar surface area (TPSA) is 35.5 Å². The predicted molar refractivity (Wildman–Crippen MR) is 83.9 cm³/mol. The third-order valence-corrected chi connectivity index (χ3v) is 3.63. The maximum Gasteiger partial charge on any atom is 0.197 e. The molecular weight excluding hydrogens is 288 g/mol. The first-order valence-electron chi connectivity index (χ1n) is 6.51. The van der Waals surface area contributed by atoms with Gasteiger partial charge in [-0.3, -0.25) is 4.79 Å². The van der Waals surface area contributed by atoms with Crippen LogP contribution in [-0.4, -0.2) is 20.0 Å². The van der Waals surface area contributed by atoms with Crippen molar-refractivity contribution in [1.82, 2.24) is 0 Å². The van der Waals surface area contributed by atoms with Crippen LogP contribution in [0.4, 0.5) is 0 Å². The molecule has 3 nitrogen and oxygen atoms in total. The largest absolute Gasteiger partial charge is 0.496 e. The molecule has 2 aromatic carbocycles. The Morgan fingerprint density at radius 2 is 1.57 bits per heavy atom. The van der Waals surface area contributed by atoms with Crippen LogP contribution in [0.2, 0.25) is 5.02 Å². The highest BCUT2D eigenvalue weighted by atomic mass is 35.5. The first-order valence-corrected chi connectivity index (χ1v) is 6.89. The summed E-state index contributed by atoms with van der Waals surface area (Å²) in [7, 11) is 3.15. The Kier molecular flexibility index (Phi) is 4.53. The molecule has 110 valence electrons. The van der Waals surface area contributed by atoms with Gasteiger partial charge in [-0.25, -0.2) is 0 Å². The molecule has 0 aliphatic heterocycles. The van der Waals surface area contributed by atoms with E-state index in [9.17, 15) is 4.79 Å². The van der Waals surface area contributed by atoms with Crippen LogP contribution >= 0.6 is 11.6 Å². The van der Waals surface area contributed by atoms with E-state index in [0.717, 1.165) is 16.9 Å². The number of ketones is 1. The Bertz CT molecular complexity index is 693. The monoisotopic (exact) mass is 304 g/mol. The molecule has 0 N–H and O–H groups in total. The lowest BCUT2D eigenvalue weighted by molar-refractivity contribution is 0.103. The molecule has 0 unspecified atom stereocenters. The summed E-state index contributed by atoms with van der Waals surface area (Å²) >= 11 is 6.00. The maximum atomic E-state index is 12.8. The number of halogens is 1. The van der Waals surface area contributed by atoms with Crippen molar-refractivity contribution >= 4 is 17.4 Å². The van der Waals surface area contributed by atoms with Gasteiger partial charge in [-0.1, -0.05) is 11.6 Å². The minimum absolute atomic E-state index is 0.113. The smallest absolute Gasteiger partial charge is 0.197 e. The standard InChI is InChI=1S/C17H17ClO3/c1-10-8-16(21-4)11(2)7-13(10)17(19)14-9-12(18)5-6-15(14)20-3/h5-9H,1-4H3. The first-order chi connectivity index (χ1) is 9.97. The Labute approximate surface area is 129 Å². The number of rotatable bonds is 4. The van der Waals surface area contributed by atoms with Crippen molar-refractivity contribution < 1.29 is 14.3 Å². The summed E-state index contributed by atoms with van der Waals surface area (Å²) in [5, 5.41) is 0.502. The van der Waals surface area contributed by atoms with Crippen molar-refractivity contribution in [3.63, 3.8) is 0 Å². The molecule has 0 aliphatic carbocycles. The third kappa shape index (κ3) is 3.03. The van der Waals surface area contributed by atoms with E-state index in [1.165, 1.54) is 7.11 Å². The molecule has 0 fully saturated rings. The zero-order valence-corrected chi connectivity index (χ0v) is 13.2. The van der Waals surface area contributed by atoms with Gasteiger partial charge in [-0.2, -0.15) is 0 Å². The van der Waals surface area contributed by atoms with Crippen molar-refractivity contribution in [2.75, 3.05) is 14.2 Å². The fourth-order valence-corrected chi connectivity index (χ4v) is 2.43. The Morgan fingerprint density at radius 3 is 2.19 bits per heavy atom. The summed E-state index contributed by atoms with van der Waals surface area (Å²) in [6.07, 6.45) is 0. The molecule has 4 heteroatoms. The van der Waals surface area contributed by atoms with Gasteiger partial charge in [-0.05, 0) is 55.3 Å². The van der Waals surface area contributed by atoms with Crippen LogP contribution < -0.4 is 9.47 Å². The molecule has 21 heavy (non-hydrogen) atoms. The van der Waals surface area contributed by atoms with E-state index in [1.807, 2.05) is 26.0 Å². The van der Waals surface area contributed by atoms with Gasteiger partial charge in [0.1, 0.15) is 11.5 Å². The summed E-state index contributed by atoms with van der Waals surface area (Å²) < 4.78 is 10.5. The van der Waals surface area contributed by atoms with Crippen LogP contribution in [0, 0.1) is 13.8 Å². The summed E-state index contributed by atoms with van der Waals surface area (Å²) in [5.41, 5.74) is 2.84. The van der Waals surface area contributed by atoms with Gasteiger partial charge in [0, 0.05) is 10.6 Å². The minimum Gasteiger partial charge on any atom is -0.496 e. The average molecular weight is 305 g/mol. The number of ether oxygens (including phenoxy) is 2. The summed E-state index contributed by atoms with van der Waals surface area (Å²) in [4.78, 5) is 12.8. The van der Waals surface area contributed by atoms with Crippen LogP contribution in [0.5, 0.6) is 11.5 Å². The molecule has 0 heterocycles. The number of aryl methyl sites for hydroxylation is 2. The lowest BCUT2D eigenvalue weighted by Gasteiger charge is -2.12. The summed E-state index contributed by atoms with van der Waals surface area (Å²) in [6, 6.07) is 8.71. The molecule has 2 rings (SSSR count). The van der Waals surface area contributed by atoms with Crippen molar-refractivity contribution in [2.24, 2.45) is 0 Å².